The third-order valence-corrected chi connectivity index (χ3v) is 6.92. The van der Waals surface area contributed by atoms with E-state index in [4.69, 9.17) is 27.9 Å². The number of carbonyl (C=O) groups is 1. The number of hydrogen-bond donors (Lipinski definition) is 3. The van der Waals surface area contributed by atoms with Gasteiger partial charge in [-0.2, -0.15) is 13.5 Å². The molecule has 0 aliphatic rings. The number of fused-ring (bicyclic) bond motifs is 1. The van der Waals surface area contributed by atoms with Crippen LogP contribution in [-0.2, 0) is 10.1 Å². The summed E-state index contributed by atoms with van der Waals surface area (Å²) in [4.78, 5) is 12.7. The van der Waals surface area contributed by atoms with Crippen molar-refractivity contribution in [2.75, 3.05) is 12.4 Å². The number of nitrogens with one attached hydrogen (secondary N) is 1. The van der Waals surface area contributed by atoms with Crippen molar-refractivity contribution in [2.24, 2.45) is 10.2 Å². The maximum atomic E-state index is 13.2. The Morgan fingerprint density at radius 3 is 2.43 bits per heavy atom. The summed E-state index contributed by atoms with van der Waals surface area (Å²) in [5.74, 6) is -0.775. The molecule has 0 fully saturated rings. The number of anilines is 1. The van der Waals surface area contributed by atoms with Crippen molar-refractivity contribution in [2.45, 2.75) is 11.8 Å². The number of phenolic OH excluding ortho intramolecular Hbond substituents is 1. The van der Waals surface area contributed by atoms with E-state index in [-0.39, 0.29) is 27.5 Å². The maximum absolute atomic E-state index is 13.2. The van der Waals surface area contributed by atoms with Gasteiger partial charge in [0, 0.05) is 21.5 Å². The standard InChI is InChI=1S/C25H19Cl2N3O6S/c1-13-20(10-16(27)12-22(13)37(33,34)35)29-30-23-17-6-4-3-5-14(17)9-18(24(23)31)25(32)28-19-8-7-15(26)11-21(19)36-2/h3-12,31H,1-2H3,(H,28,32)(H,33,34,35). The number of azo groups is 1. The molecule has 0 heterocycles. The molecular weight excluding hydrogens is 541 g/mol. The molecule has 1 amide bonds. The van der Waals surface area contributed by atoms with Crippen molar-refractivity contribution < 1.29 is 27.6 Å². The highest BCUT2D eigenvalue weighted by atomic mass is 35.5. The zero-order valence-electron chi connectivity index (χ0n) is 19.4. The van der Waals surface area contributed by atoms with Gasteiger partial charge in [-0.25, -0.2) is 0 Å². The fourth-order valence-electron chi connectivity index (χ4n) is 3.67. The van der Waals surface area contributed by atoms with Crippen LogP contribution < -0.4 is 10.1 Å². The van der Waals surface area contributed by atoms with Crippen LogP contribution >= 0.6 is 23.2 Å². The molecule has 0 aliphatic heterocycles. The Bertz CT molecular complexity index is 1690. The maximum Gasteiger partial charge on any atom is 0.294 e. The van der Waals surface area contributed by atoms with Gasteiger partial charge in [-0.05, 0) is 48.2 Å². The molecule has 0 unspecified atom stereocenters. The molecule has 3 N–H and O–H groups in total. The zero-order valence-corrected chi connectivity index (χ0v) is 21.7. The van der Waals surface area contributed by atoms with Crippen LogP contribution in [-0.4, -0.2) is 31.1 Å². The molecule has 190 valence electrons. The first-order valence-electron chi connectivity index (χ1n) is 10.6. The van der Waals surface area contributed by atoms with Crippen LogP contribution in [0.15, 0.2) is 75.8 Å². The van der Waals surface area contributed by atoms with Gasteiger partial charge >= 0.3 is 0 Å². The number of aromatic hydroxyl groups is 1. The van der Waals surface area contributed by atoms with E-state index in [2.05, 4.69) is 15.5 Å². The van der Waals surface area contributed by atoms with Crippen molar-refractivity contribution in [1.82, 2.24) is 0 Å². The average molecular weight is 560 g/mol. The van der Waals surface area contributed by atoms with E-state index in [1.807, 2.05) is 0 Å². The monoisotopic (exact) mass is 559 g/mol. The quantitative estimate of drug-likeness (QED) is 0.170. The summed E-state index contributed by atoms with van der Waals surface area (Å²) >= 11 is 12.0. The number of phenols is 1. The lowest BCUT2D eigenvalue weighted by Gasteiger charge is -2.13. The molecule has 0 atom stereocenters. The molecule has 4 aromatic carbocycles. The van der Waals surface area contributed by atoms with E-state index >= 15 is 0 Å². The molecule has 0 bridgehead atoms. The molecule has 0 spiro atoms. The number of benzene rings is 4. The fourth-order valence-corrected chi connectivity index (χ4v) is 4.87. The minimum atomic E-state index is -4.57. The Morgan fingerprint density at radius 2 is 1.73 bits per heavy atom. The van der Waals surface area contributed by atoms with Crippen LogP contribution in [0.4, 0.5) is 17.1 Å². The minimum Gasteiger partial charge on any atom is -0.505 e. The van der Waals surface area contributed by atoms with Crippen LogP contribution in [0.3, 0.4) is 0 Å². The predicted octanol–water partition coefficient (Wildman–Crippen LogP) is 7.08. The second-order valence-corrected chi connectivity index (χ2v) is 10.1. The fraction of sp³-hybridized carbons (Fsp3) is 0.0800. The van der Waals surface area contributed by atoms with Gasteiger partial charge in [-0.1, -0.05) is 47.5 Å². The third-order valence-electron chi connectivity index (χ3n) is 5.48. The Balaban J connectivity index is 1.82. The number of nitrogens with zero attached hydrogens (tertiary/aromatic N) is 2. The van der Waals surface area contributed by atoms with E-state index in [1.165, 1.54) is 32.2 Å². The minimum absolute atomic E-state index is 0.00583. The van der Waals surface area contributed by atoms with E-state index < -0.39 is 26.7 Å². The molecule has 4 rings (SSSR count). The summed E-state index contributed by atoms with van der Waals surface area (Å²) in [5, 5.41) is 23.5. The van der Waals surface area contributed by atoms with Crippen molar-refractivity contribution in [3.8, 4) is 11.5 Å². The lowest BCUT2D eigenvalue weighted by molar-refractivity contribution is 0.102. The molecule has 0 aliphatic carbocycles. The second kappa shape index (κ2) is 10.3. The van der Waals surface area contributed by atoms with Gasteiger partial charge in [-0.15, -0.1) is 5.11 Å². The summed E-state index contributed by atoms with van der Waals surface area (Å²) in [6, 6.07) is 15.5. The van der Waals surface area contributed by atoms with Gasteiger partial charge in [0.15, 0.2) is 5.75 Å². The van der Waals surface area contributed by atoms with Gasteiger partial charge in [0.2, 0.25) is 0 Å². The van der Waals surface area contributed by atoms with Crippen LogP contribution in [0.2, 0.25) is 10.0 Å². The van der Waals surface area contributed by atoms with Gasteiger partial charge in [-0.3, -0.25) is 9.35 Å². The molecule has 37 heavy (non-hydrogen) atoms. The van der Waals surface area contributed by atoms with E-state index in [0.717, 1.165) is 6.07 Å². The number of carbonyl (C=O) groups excluding carboxylic acids is 1. The van der Waals surface area contributed by atoms with Crippen molar-refractivity contribution >= 4 is 67.1 Å². The van der Waals surface area contributed by atoms with Crippen molar-refractivity contribution in [1.29, 1.82) is 0 Å². The van der Waals surface area contributed by atoms with Gasteiger partial charge in [0.25, 0.3) is 16.0 Å². The number of rotatable bonds is 6. The number of halogens is 2. The van der Waals surface area contributed by atoms with Crippen molar-refractivity contribution in [3.63, 3.8) is 0 Å². The smallest absolute Gasteiger partial charge is 0.294 e. The highest BCUT2D eigenvalue weighted by Crippen LogP contribution is 2.41. The highest BCUT2D eigenvalue weighted by molar-refractivity contribution is 7.85. The number of amides is 1. The van der Waals surface area contributed by atoms with E-state index in [9.17, 15) is 22.9 Å². The Hall–Kier alpha value is -3.70. The summed E-state index contributed by atoms with van der Waals surface area (Å²) in [6.07, 6.45) is 0. The SMILES string of the molecule is COc1cc(Cl)ccc1NC(=O)c1cc2ccccc2c(N=Nc2cc(Cl)cc(S(=O)(=O)O)c2C)c1O. The van der Waals surface area contributed by atoms with Crippen LogP contribution in [0.1, 0.15) is 15.9 Å². The van der Waals surface area contributed by atoms with Crippen molar-refractivity contribution in [3.05, 3.63) is 81.8 Å². The van der Waals surface area contributed by atoms with Gasteiger partial charge < -0.3 is 15.2 Å². The first kappa shape index (κ1) is 26.4. The van der Waals surface area contributed by atoms with Crippen LogP contribution in [0.5, 0.6) is 11.5 Å². The molecule has 0 saturated carbocycles. The number of hydrogen-bond acceptors (Lipinski definition) is 7. The molecule has 12 heteroatoms. The largest absolute Gasteiger partial charge is 0.505 e. The number of methoxy groups -OCH3 is 1. The summed E-state index contributed by atoms with van der Waals surface area (Å²) < 4.78 is 38.2. The highest BCUT2D eigenvalue weighted by Gasteiger charge is 2.21. The van der Waals surface area contributed by atoms with Crippen LogP contribution in [0, 0.1) is 6.92 Å². The van der Waals surface area contributed by atoms with Gasteiger partial charge in [0.1, 0.15) is 16.3 Å². The third kappa shape index (κ3) is 5.52. The van der Waals surface area contributed by atoms with Crippen LogP contribution in [0.25, 0.3) is 10.8 Å². The lowest BCUT2D eigenvalue weighted by Crippen LogP contribution is -2.13. The Labute approximate surface area is 222 Å². The first-order chi connectivity index (χ1) is 17.5. The number of ether oxygens (including phenoxy) is 1. The normalized spacial score (nSPS) is 11.7. The summed E-state index contributed by atoms with van der Waals surface area (Å²) in [5.41, 5.74) is 0.359. The molecule has 9 nitrogen and oxygen atoms in total. The Morgan fingerprint density at radius 1 is 1.00 bits per heavy atom. The van der Waals surface area contributed by atoms with E-state index in [1.54, 1.807) is 36.4 Å². The zero-order chi connectivity index (χ0) is 26.9. The average Bonchev–Trinajstić information content (AvgIpc) is 2.85. The molecule has 0 radical (unpaired) electrons. The molecular formula is C25H19Cl2N3O6S. The van der Waals surface area contributed by atoms with Gasteiger partial charge in [0.05, 0.1) is 24.0 Å². The molecule has 4 aromatic rings. The Kier molecular flexibility index (Phi) is 7.37. The van der Waals surface area contributed by atoms with E-state index in [0.29, 0.717) is 27.2 Å². The molecule has 0 aromatic heterocycles. The lowest BCUT2D eigenvalue weighted by atomic mass is 10.0. The predicted molar refractivity (Wildman–Crippen MR) is 142 cm³/mol. The first-order valence-corrected chi connectivity index (χ1v) is 12.8. The molecule has 0 saturated heterocycles. The second-order valence-electron chi connectivity index (χ2n) is 7.86. The summed E-state index contributed by atoms with van der Waals surface area (Å²) in [6.45, 7) is 1.43. The summed E-state index contributed by atoms with van der Waals surface area (Å²) in [7, 11) is -3.14. The topological polar surface area (TPSA) is 138 Å².